The van der Waals surface area contributed by atoms with Gasteiger partial charge in [0.1, 0.15) is 5.82 Å². The van der Waals surface area contributed by atoms with Crippen LogP contribution in [0.25, 0.3) is 5.70 Å². The summed E-state index contributed by atoms with van der Waals surface area (Å²) in [6.07, 6.45) is 1.41. The second-order valence-corrected chi connectivity index (χ2v) is 4.18. The molecule has 0 amide bonds. The van der Waals surface area contributed by atoms with Crippen molar-refractivity contribution in [3.05, 3.63) is 45.9 Å². The summed E-state index contributed by atoms with van der Waals surface area (Å²) in [7, 11) is 0. The SMILES string of the molecule is N/C(=C\N(N)C1COC1)c1cc(F)cc([N+](=O)[O-])c1. The zero-order chi connectivity index (χ0) is 14.0. The summed E-state index contributed by atoms with van der Waals surface area (Å²) in [6, 6.07) is 3.16. The van der Waals surface area contributed by atoms with Gasteiger partial charge in [-0.15, -0.1) is 0 Å². The van der Waals surface area contributed by atoms with E-state index in [2.05, 4.69) is 0 Å². The van der Waals surface area contributed by atoms with E-state index in [1.807, 2.05) is 0 Å². The van der Waals surface area contributed by atoms with E-state index in [1.54, 1.807) is 0 Å². The van der Waals surface area contributed by atoms with Crippen molar-refractivity contribution in [1.82, 2.24) is 5.01 Å². The molecule has 0 unspecified atom stereocenters. The number of nitrogens with zero attached hydrogens (tertiary/aromatic N) is 2. The van der Waals surface area contributed by atoms with E-state index in [4.69, 9.17) is 16.3 Å². The van der Waals surface area contributed by atoms with Crippen LogP contribution in [0.15, 0.2) is 24.4 Å². The van der Waals surface area contributed by atoms with E-state index in [0.29, 0.717) is 13.2 Å². The van der Waals surface area contributed by atoms with Crippen molar-refractivity contribution in [3.8, 4) is 0 Å². The third kappa shape index (κ3) is 2.98. The number of rotatable bonds is 4. The molecule has 1 aliphatic rings. The van der Waals surface area contributed by atoms with Crippen molar-refractivity contribution in [1.29, 1.82) is 0 Å². The second-order valence-electron chi connectivity index (χ2n) is 4.18. The van der Waals surface area contributed by atoms with Gasteiger partial charge in [0.05, 0.1) is 35.9 Å². The van der Waals surface area contributed by atoms with Gasteiger partial charge in [0.2, 0.25) is 0 Å². The minimum atomic E-state index is -0.726. The van der Waals surface area contributed by atoms with Gasteiger partial charge in [-0.25, -0.2) is 10.2 Å². The van der Waals surface area contributed by atoms with Gasteiger partial charge in [-0.05, 0) is 6.07 Å². The van der Waals surface area contributed by atoms with Gasteiger partial charge < -0.3 is 15.5 Å². The van der Waals surface area contributed by atoms with Gasteiger partial charge in [-0.3, -0.25) is 10.1 Å². The Morgan fingerprint density at radius 3 is 2.74 bits per heavy atom. The van der Waals surface area contributed by atoms with Gasteiger partial charge in [0.25, 0.3) is 5.69 Å². The third-order valence-corrected chi connectivity index (χ3v) is 2.76. The van der Waals surface area contributed by atoms with Crippen molar-refractivity contribution in [2.24, 2.45) is 11.6 Å². The normalized spacial score (nSPS) is 16.0. The first-order chi connectivity index (χ1) is 8.97. The monoisotopic (exact) mass is 268 g/mol. The topological polar surface area (TPSA) is 108 Å². The highest BCUT2D eigenvalue weighted by atomic mass is 19.1. The first-order valence-electron chi connectivity index (χ1n) is 5.51. The quantitative estimate of drug-likeness (QED) is 0.469. The van der Waals surface area contributed by atoms with E-state index in [1.165, 1.54) is 17.3 Å². The smallest absolute Gasteiger partial charge is 0.273 e. The molecule has 8 heteroatoms. The number of non-ortho nitro benzene ring substituents is 1. The Balaban J connectivity index is 2.24. The third-order valence-electron chi connectivity index (χ3n) is 2.76. The highest BCUT2D eigenvalue weighted by Crippen LogP contribution is 2.20. The standard InChI is InChI=1S/C11H13FN4O3/c12-8-1-7(2-9(3-8)16(17)18)11(13)4-15(14)10-5-19-6-10/h1-4,10H,5-6,13-14H2/b11-4-. The number of halogens is 1. The average Bonchev–Trinajstić information content (AvgIpc) is 2.25. The largest absolute Gasteiger partial charge is 0.397 e. The van der Waals surface area contributed by atoms with E-state index in [9.17, 15) is 14.5 Å². The summed E-state index contributed by atoms with van der Waals surface area (Å²) in [6.45, 7) is 0.979. The molecule has 102 valence electrons. The van der Waals surface area contributed by atoms with E-state index in [0.717, 1.165) is 12.1 Å². The molecule has 0 atom stereocenters. The van der Waals surface area contributed by atoms with E-state index in [-0.39, 0.29) is 23.0 Å². The minimum Gasteiger partial charge on any atom is -0.397 e. The summed E-state index contributed by atoms with van der Waals surface area (Å²) in [5, 5.41) is 12.0. The molecular weight excluding hydrogens is 255 g/mol. The van der Waals surface area contributed by atoms with Gasteiger partial charge in [-0.1, -0.05) is 0 Å². The average molecular weight is 268 g/mol. The van der Waals surface area contributed by atoms with E-state index < -0.39 is 10.7 Å². The highest BCUT2D eigenvalue weighted by molar-refractivity contribution is 5.64. The molecule has 1 saturated heterocycles. The summed E-state index contributed by atoms with van der Waals surface area (Å²) < 4.78 is 18.2. The molecular formula is C11H13FN4O3. The van der Waals surface area contributed by atoms with Gasteiger partial charge in [0.15, 0.2) is 0 Å². The van der Waals surface area contributed by atoms with Crippen molar-refractivity contribution >= 4 is 11.4 Å². The maximum absolute atomic E-state index is 13.3. The van der Waals surface area contributed by atoms with Crippen LogP contribution in [0.1, 0.15) is 5.56 Å². The Kier molecular flexibility index (Phi) is 3.63. The molecule has 0 spiro atoms. The van der Waals surface area contributed by atoms with Crippen LogP contribution in [-0.4, -0.2) is 29.2 Å². The number of nitro benzene ring substituents is 1. The molecule has 0 aliphatic carbocycles. The molecule has 0 aromatic heterocycles. The molecule has 0 saturated carbocycles. The lowest BCUT2D eigenvalue weighted by molar-refractivity contribution is -0.385. The highest BCUT2D eigenvalue weighted by Gasteiger charge is 2.22. The first kappa shape index (κ1) is 13.2. The number of hydrogen-bond acceptors (Lipinski definition) is 6. The lowest BCUT2D eigenvalue weighted by Crippen LogP contribution is -2.50. The Hall–Kier alpha value is -2.19. The second kappa shape index (κ2) is 5.21. The number of hydrogen-bond donors (Lipinski definition) is 2. The lowest BCUT2D eigenvalue weighted by atomic mass is 10.1. The fourth-order valence-corrected chi connectivity index (χ4v) is 1.58. The molecule has 1 heterocycles. The molecule has 1 aliphatic heterocycles. The number of benzene rings is 1. The van der Waals surface area contributed by atoms with Crippen LogP contribution in [0.3, 0.4) is 0 Å². The molecule has 2 rings (SSSR count). The van der Waals surface area contributed by atoms with Crippen molar-refractivity contribution < 1.29 is 14.1 Å². The van der Waals surface area contributed by atoms with Crippen LogP contribution in [-0.2, 0) is 4.74 Å². The summed E-state index contributed by atoms with van der Waals surface area (Å²) in [4.78, 5) is 9.96. The van der Waals surface area contributed by atoms with E-state index >= 15 is 0 Å². The number of nitro groups is 1. The maximum Gasteiger partial charge on any atom is 0.273 e. The Bertz CT molecular complexity index is 531. The lowest BCUT2D eigenvalue weighted by Gasteiger charge is -2.33. The molecule has 0 radical (unpaired) electrons. The predicted molar refractivity (Wildman–Crippen MR) is 65.9 cm³/mol. The van der Waals surface area contributed by atoms with Crippen LogP contribution >= 0.6 is 0 Å². The molecule has 1 aromatic rings. The molecule has 7 nitrogen and oxygen atoms in total. The number of nitrogens with two attached hydrogens (primary N) is 2. The molecule has 1 aromatic carbocycles. The van der Waals surface area contributed by atoms with Crippen LogP contribution in [0.2, 0.25) is 0 Å². The van der Waals surface area contributed by atoms with Gasteiger partial charge in [-0.2, -0.15) is 0 Å². The van der Waals surface area contributed by atoms with Crippen molar-refractivity contribution in [3.63, 3.8) is 0 Å². The first-order valence-corrected chi connectivity index (χ1v) is 5.51. The van der Waals surface area contributed by atoms with Crippen LogP contribution < -0.4 is 11.6 Å². The Morgan fingerprint density at radius 1 is 1.53 bits per heavy atom. The number of hydrazine groups is 1. The molecule has 19 heavy (non-hydrogen) atoms. The predicted octanol–water partition coefficient (Wildman–Crippen LogP) is 0.566. The summed E-state index contributed by atoms with van der Waals surface area (Å²) >= 11 is 0. The van der Waals surface area contributed by atoms with Gasteiger partial charge >= 0.3 is 0 Å². The maximum atomic E-state index is 13.3. The molecule has 4 N–H and O–H groups in total. The zero-order valence-corrected chi connectivity index (χ0v) is 9.95. The van der Waals surface area contributed by atoms with Crippen LogP contribution in [0.5, 0.6) is 0 Å². The minimum absolute atomic E-state index is 0.0158. The van der Waals surface area contributed by atoms with Gasteiger partial charge in [0, 0.05) is 17.8 Å². The van der Waals surface area contributed by atoms with Crippen molar-refractivity contribution in [2.45, 2.75) is 6.04 Å². The molecule has 0 bridgehead atoms. The Morgan fingerprint density at radius 2 is 2.21 bits per heavy atom. The fraction of sp³-hybridized carbons (Fsp3) is 0.273. The Labute approximate surface area is 108 Å². The molecule has 1 fully saturated rings. The summed E-state index contributed by atoms with van der Waals surface area (Å²) in [5.74, 6) is 5.00. The van der Waals surface area contributed by atoms with Crippen LogP contribution in [0, 0.1) is 15.9 Å². The zero-order valence-electron chi connectivity index (χ0n) is 9.95. The van der Waals surface area contributed by atoms with Crippen molar-refractivity contribution in [2.75, 3.05) is 13.2 Å². The van der Waals surface area contributed by atoms with Crippen LogP contribution in [0.4, 0.5) is 10.1 Å². The fourth-order valence-electron chi connectivity index (χ4n) is 1.58. The number of ether oxygens (including phenoxy) is 1. The summed E-state index contributed by atoms with van der Waals surface area (Å²) in [5.41, 5.74) is 5.76.